The van der Waals surface area contributed by atoms with Gasteiger partial charge in [0, 0.05) is 0 Å². The van der Waals surface area contributed by atoms with E-state index in [-0.39, 0.29) is 5.56 Å². The van der Waals surface area contributed by atoms with E-state index in [0.29, 0.717) is 11.0 Å². The van der Waals surface area contributed by atoms with Crippen LogP contribution in [0.3, 0.4) is 0 Å². The number of benzene rings is 1. The number of hydrogen-bond donors (Lipinski definition) is 0. The first-order chi connectivity index (χ1) is 10.7. The maximum atomic E-state index is 14.4. The van der Waals surface area contributed by atoms with E-state index in [1.807, 2.05) is 27.7 Å². The molecular weight excluding hydrogens is 310 g/mol. The van der Waals surface area contributed by atoms with Crippen LogP contribution in [0.25, 0.3) is 0 Å². The van der Waals surface area contributed by atoms with Crippen molar-refractivity contribution < 1.29 is 23.2 Å². The zero-order valence-corrected chi connectivity index (χ0v) is 15.7. The number of ether oxygens (including phenoxy) is 1. The van der Waals surface area contributed by atoms with E-state index in [4.69, 9.17) is 14.0 Å². The largest absolute Gasteiger partial charge is 0.495 e. The van der Waals surface area contributed by atoms with Crippen molar-refractivity contribution in [3.63, 3.8) is 0 Å². The lowest BCUT2D eigenvalue weighted by Gasteiger charge is -2.32. The minimum atomic E-state index is -0.730. The smallest absolute Gasteiger partial charge is 0.456 e. The van der Waals surface area contributed by atoms with Crippen molar-refractivity contribution in [2.75, 3.05) is 0 Å². The van der Waals surface area contributed by atoms with Crippen LogP contribution >= 0.6 is 0 Å². The molecule has 0 saturated carbocycles. The first kappa shape index (κ1) is 18.9. The van der Waals surface area contributed by atoms with Gasteiger partial charge in [0.15, 0.2) is 0 Å². The summed E-state index contributed by atoms with van der Waals surface area (Å²) >= 11 is 0. The topological polar surface area (TPSA) is 44.8 Å². The van der Waals surface area contributed by atoms with Gasteiger partial charge in [0.25, 0.3) is 0 Å². The van der Waals surface area contributed by atoms with Crippen LogP contribution in [0.5, 0.6) is 0 Å². The number of hydrogen-bond acceptors (Lipinski definition) is 4. The lowest BCUT2D eigenvalue weighted by Crippen LogP contribution is -2.41. The Kier molecular flexibility index (Phi) is 4.61. The van der Waals surface area contributed by atoms with Gasteiger partial charge in [-0.1, -0.05) is 0 Å². The predicted molar refractivity (Wildman–Crippen MR) is 92.0 cm³/mol. The quantitative estimate of drug-likeness (QED) is 0.613. The van der Waals surface area contributed by atoms with Crippen molar-refractivity contribution in [1.29, 1.82) is 0 Å². The van der Waals surface area contributed by atoms with Crippen LogP contribution in [-0.2, 0) is 14.0 Å². The van der Waals surface area contributed by atoms with Crippen LogP contribution in [0, 0.1) is 12.7 Å². The molecule has 24 heavy (non-hydrogen) atoms. The van der Waals surface area contributed by atoms with Gasteiger partial charge in [-0.05, 0) is 78.5 Å². The molecule has 1 saturated heterocycles. The number of rotatable bonds is 2. The zero-order chi connectivity index (χ0) is 18.5. The SMILES string of the molecule is Cc1c(F)cc(C(=O)OC(C)(C)C)cc1B1OC(C)(C)C(C)(C)O1. The fraction of sp³-hybridized carbons (Fsp3) is 0.611. The second-order valence-electron chi connectivity index (χ2n) is 8.26. The molecule has 0 amide bonds. The minimum absolute atomic E-state index is 0.151. The molecule has 0 spiro atoms. The first-order valence-electron chi connectivity index (χ1n) is 8.12. The maximum Gasteiger partial charge on any atom is 0.495 e. The molecule has 0 atom stereocenters. The first-order valence-corrected chi connectivity index (χ1v) is 8.12. The van der Waals surface area contributed by atoms with E-state index >= 15 is 0 Å². The van der Waals surface area contributed by atoms with Crippen LogP contribution < -0.4 is 5.46 Å². The molecule has 6 heteroatoms. The van der Waals surface area contributed by atoms with Gasteiger partial charge in [0.05, 0.1) is 16.8 Å². The van der Waals surface area contributed by atoms with Crippen LogP contribution in [0.4, 0.5) is 4.39 Å². The van der Waals surface area contributed by atoms with E-state index in [1.165, 1.54) is 6.07 Å². The highest BCUT2D eigenvalue weighted by atomic mass is 19.1. The Morgan fingerprint density at radius 2 is 1.62 bits per heavy atom. The minimum Gasteiger partial charge on any atom is -0.456 e. The van der Waals surface area contributed by atoms with Crippen LogP contribution in [-0.4, -0.2) is 29.9 Å². The Hall–Kier alpha value is -1.40. The monoisotopic (exact) mass is 336 g/mol. The normalized spacial score (nSPS) is 19.5. The third-order valence-electron chi connectivity index (χ3n) is 4.53. The van der Waals surface area contributed by atoms with Crippen LogP contribution in [0.1, 0.15) is 64.4 Å². The molecule has 0 radical (unpaired) electrons. The molecule has 0 N–H and O–H groups in total. The third-order valence-corrected chi connectivity index (χ3v) is 4.53. The van der Waals surface area contributed by atoms with Crippen molar-refractivity contribution >= 4 is 18.6 Å². The second-order valence-corrected chi connectivity index (χ2v) is 8.26. The Morgan fingerprint density at radius 1 is 1.12 bits per heavy atom. The molecule has 0 bridgehead atoms. The van der Waals surface area contributed by atoms with Gasteiger partial charge in [-0.2, -0.15) is 0 Å². The number of halogens is 1. The summed E-state index contributed by atoms with van der Waals surface area (Å²) in [4.78, 5) is 12.3. The van der Waals surface area contributed by atoms with E-state index in [9.17, 15) is 9.18 Å². The highest BCUT2D eigenvalue weighted by molar-refractivity contribution is 6.62. The summed E-state index contributed by atoms with van der Waals surface area (Å²) in [5.74, 6) is -1.05. The van der Waals surface area contributed by atoms with Crippen LogP contribution in [0.2, 0.25) is 0 Å². The lowest BCUT2D eigenvalue weighted by atomic mass is 9.75. The summed E-state index contributed by atoms with van der Waals surface area (Å²) in [7, 11) is -0.730. The molecule has 1 fully saturated rings. The summed E-state index contributed by atoms with van der Waals surface area (Å²) in [6.07, 6.45) is 0. The number of esters is 1. The van der Waals surface area contributed by atoms with Gasteiger partial charge in [0.1, 0.15) is 11.4 Å². The highest BCUT2D eigenvalue weighted by Gasteiger charge is 2.52. The maximum absolute atomic E-state index is 14.4. The van der Waals surface area contributed by atoms with Crippen molar-refractivity contribution in [3.05, 3.63) is 29.1 Å². The van der Waals surface area contributed by atoms with E-state index < -0.39 is 35.7 Å². The van der Waals surface area contributed by atoms with Gasteiger partial charge >= 0.3 is 13.1 Å². The summed E-state index contributed by atoms with van der Waals surface area (Å²) < 4.78 is 31.6. The van der Waals surface area contributed by atoms with Crippen molar-refractivity contribution in [2.24, 2.45) is 0 Å². The molecule has 0 aromatic heterocycles. The summed E-state index contributed by atoms with van der Waals surface area (Å²) in [6.45, 7) is 14.7. The summed E-state index contributed by atoms with van der Waals surface area (Å²) in [5, 5.41) is 0. The molecule has 1 heterocycles. The van der Waals surface area contributed by atoms with Gasteiger partial charge in [-0.25, -0.2) is 9.18 Å². The van der Waals surface area contributed by atoms with Gasteiger partial charge in [0.2, 0.25) is 0 Å². The van der Waals surface area contributed by atoms with E-state index in [2.05, 4.69) is 0 Å². The number of carbonyl (C=O) groups excluding carboxylic acids is 1. The summed E-state index contributed by atoms with van der Waals surface area (Å²) in [5.41, 5.74) is -0.665. The second kappa shape index (κ2) is 5.85. The molecule has 0 aliphatic carbocycles. The zero-order valence-electron chi connectivity index (χ0n) is 15.7. The molecule has 0 unspecified atom stereocenters. The molecule has 2 rings (SSSR count). The van der Waals surface area contributed by atoms with Gasteiger partial charge < -0.3 is 14.0 Å². The van der Waals surface area contributed by atoms with Gasteiger partial charge in [-0.15, -0.1) is 0 Å². The fourth-order valence-electron chi connectivity index (χ4n) is 2.37. The van der Waals surface area contributed by atoms with E-state index in [0.717, 1.165) is 0 Å². The lowest BCUT2D eigenvalue weighted by molar-refractivity contribution is 0.00578. The van der Waals surface area contributed by atoms with Crippen LogP contribution in [0.15, 0.2) is 12.1 Å². The Bertz CT molecular complexity index is 646. The Labute approximate surface area is 143 Å². The van der Waals surface area contributed by atoms with Crippen molar-refractivity contribution in [2.45, 2.75) is 72.2 Å². The average molecular weight is 336 g/mol. The Morgan fingerprint density at radius 3 is 2.08 bits per heavy atom. The highest BCUT2D eigenvalue weighted by Crippen LogP contribution is 2.36. The fourth-order valence-corrected chi connectivity index (χ4v) is 2.37. The molecule has 132 valence electrons. The average Bonchev–Trinajstić information content (AvgIpc) is 2.59. The van der Waals surface area contributed by atoms with Crippen molar-refractivity contribution in [3.8, 4) is 0 Å². The van der Waals surface area contributed by atoms with Crippen molar-refractivity contribution in [1.82, 2.24) is 0 Å². The molecule has 4 nitrogen and oxygen atoms in total. The van der Waals surface area contributed by atoms with E-state index in [1.54, 1.807) is 33.8 Å². The Balaban J connectivity index is 2.40. The summed E-state index contributed by atoms with van der Waals surface area (Å²) in [6, 6.07) is 2.78. The predicted octanol–water partition coefficient (Wildman–Crippen LogP) is 3.39. The molecule has 1 aliphatic heterocycles. The molecule has 1 aromatic carbocycles. The molecule has 1 aromatic rings. The molecule has 1 aliphatic rings. The molecular formula is C18H26BFO4. The van der Waals surface area contributed by atoms with Gasteiger partial charge in [-0.3, -0.25) is 0 Å². The third kappa shape index (κ3) is 3.65. The standard InChI is InChI=1S/C18H26BFO4/c1-11-13(19-23-17(5,6)18(7,8)24-19)9-12(10-14(11)20)15(21)22-16(2,3)4/h9-10H,1-8H3. The number of carbonyl (C=O) groups is 1.